The van der Waals surface area contributed by atoms with Crippen molar-refractivity contribution in [1.29, 1.82) is 0 Å². The minimum Gasteiger partial charge on any atom is -0.381 e. The highest BCUT2D eigenvalue weighted by atomic mass is 127. The van der Waals surface area contributed by atoms with E-state index in [-0.39, 0.29) is 35.2 Å². The summed E-state index contributed by atoms with van der Waals surface area (Å²) >= 11 is 0. The summed E-state index contributed by atoms with van der Waals surface area (Å²) in [7, 11) is 0. The Morgan fingerprint density at radius 2 is 1.73 bits per heavy atom. The van der Waals surface area contributed by atoms with Crippen molar-refractivity contribution in [3.63, 3.8) is 0 Å². The Morgan fingerprint density at radius 3 is 2.35 bits per heavy atom. The molecule has 0 atom stereocenters. The quantitative estimate of drug-likeness (QED) is 0.298. The summed E-state index contributed by atoms with van der Waals surface area (Å²) in [6, 6.07) is 7.27. The third-order valence-electron chi connectivity index (χ3n) is 5.67. The van der Waals surface area contributed by atoms with E-state index in [0.29, 0.717) is 31.8 Å². The van der Waals surface area contributed by atoms with Crippen LogP contribution in [0.25, 0.3) is 0 Å². The molecule has 0 unspecified atom stereocenters. The van der Waals surface area contributed by atoms with E-state index in [9.17, 15) is 4.39 Å². The van der Waals surface area contributed by atoms with Crippen LogP contribution in [-0.2, 0) is 10.2 Å². The lowest BCUT2D eigenvalue weighted by Crippen LogP contribution is -2.42. The molecule has 1 heterocycles. The standard InChI is InChI=1S/C20H30FN3O.HI/c21-17-9-7-16(8-10-17)20(11-13-25-14-12-20)15-23-19(22)24-18-5-3-1-2-4-6-18;/h7-10,18H,1-6,11-15H2,(H3,22,23,24);1H. The smallest absolute Gasteiger partial charge is 0.188 e. The summed E-state index contributed by atoms with van der Waals surface area (Å²) in [5, 5.41) is 3.41. The van der Waals surface area contributed by atoms with Crippen molar-refractivity contribution >= 4 is 29.9 Å². The lowest BCUT2D eigenvalue weighted by Gasteiger charge is -2.36. The molecule has 6 heteroatoms. The van der Waals surface area contributed by atoms with Gasteiger partial charge in [-0.3, -0.25) is 4.99 Å². The third kappa shape index (κ3) is 5.81. The van der Waals surface area contributed by atoms with Gasteiger partial charge in [-0.25, -0.2) is 4.39 Å². The van der Waals surface area contributed by atoms with Crippen LogP contribution in [-0.4, -0.2) is 31.8 Å². The van der Waals surface area contributed by atoms with E-state index < -0.39 is 0 Å². The van der Waals surface area contributed by atoms with Crippen LogP contribution in [0.4, 0.5) is 4.39 Å². The highest BCUT2D eigenvalue weighted by Gasteiger charge is 2.34. The van der Waals surface area contributed by atoms with Crippen LogP contribution in [0.15, 0.2) is 29.3 Å². The van der Waals surface area contributed by atoms with E-state index in [1.807, 2.05) is 12.1 Å². The molecule has 0 amide bonds. The minimum absolute atomic E-state index is 0. The number of nitrogens with zero attached hydrogens (tertiary/aromatic N) is 1. The Bertz CT molecular complexity index is 565. The molecule has 0 spiro atoms. The van der Waals surface area contributed by atoms with Gasteiger partial charge in [-0.15, -0.1) is 24.0 Å². The zero-order chi connectivity index (χ0) is 17.5. The van der Waals surface area contributed by atoms with Crippen LogP contribution in [0, 0.1) is 5.82 Å². The molecule has 146 valence electrons. The van der Waals surface area contributed by atoms with Gasteiger partial charge in [-0.05, 0) is 43.4 Å². The van der Waals surface area contributed by atoms with Gasteiger partial charge < -0.3 is 15.8 Å². The number of benzene rings is 1. The van der Waals surface area contributed by atoms with Crippen molar-refractivity contribution in [2.24, 2.45) is 10.7 Å². The number of hydrogen-bond donors (Lipinski definition) is 2. The summed E-state index contributed by atoms with van der Waals surface area (Å²) in [6.07, 6.45) is 9.30. The van der Waals surface area contributed by atoms with Crippen molar-refractivity contribution < 1.29 is 9.13 Å². The molecule has 3 rings (SSSR count). The summed E-state index contributed by atoms with van der Waals surface area (Å²) in [5.74, 6) is 0.337. The predicted molar refractivity (Wildman–Crippen MR) is 115 cm³/mol. The molecular weight excluding hydrogens is 444 g/mol. The monoisotopic (exact) mass is 475 g/mol. The first kappa shape index (κ1) is 21.4. The van der Waals surface area contributed by atoms with Crippen LogP contribution in [0.3, 0.4) is 0 Å². The fourth-order valence-electron chi connectivity index (χ4n) is 4.02. The van der Waals surface area contributed by atoms with E-state index in [4.69, 9.17) is 10.5 Å². The molecule has 2 fully saturated rings. The number of hydrogen-bond acceptors (Lipinski definition) is 2. The zero-order valence-electron chi connectivity index (χ0n) is 15.4. The largest absolute Gasteiger partial charge is 0.381 e. The lowest BCUT2D eigenvalue weighted by atomic mass is 9.74. The summed E-state index contributed by atoms with van der Waals surface area (Å²) < 4.78 is 18.8. The molecule has 0 radical (unpaired) electrons. The van der Waals surface area contributed by atoms with Crippen molar-refractivity contribution in [2.45, 2.75) is 62.8 Å². The molecule has 1 aliphatic carbocycles. The summed E-state index contributed by atoms with van der Waals surface area (Å²) in [5.41, 5.74) is 7.20. The molecule has 1 saturated carbocycles. The SMILES string of the molecule is I.NC(=NCC1(c2ccc(F)cc2)CCOCC1)NC1CCCCCC1. The number of nitrogens with one attached hydrogen (secondary N) is 1. The first-order valence-electron chi connectivity index (χ1n) is 9.58. The molecule has 3 N–H and O–H groups in total. The Kier molecular flexibility index (Phi) is 8.60. The van der Waals surface area contributed by atoms with Crippen LogP contribution in [0.2, 0.25) is 0 Å². The Morgan fingerprint density at radius 1 is 1.12 bits per heavy atom. The molecule has 1 aliphatic heterocycles. The minimum atomic E-state index is -0.205. The third-order valence-corrected chi connectivity index (χ3v) is 5.67. The first-order chi connectivity index (χ1) is 12.2. The van der Waals surface area contributed by atoms with Crippen LogP contribution < -0.4 is 11.1 Å². The fourth-order valence-corrected chi connectivity index (χ4v) is 4.02. The number of guanidine groups is 1. The molecule has 4 nitrogen and oxygen atoms in total. The first-order valence-corrected chi connectivity index (χ1v) is 9.58. The average molecular weight is 475 g/mol. The number of ether oxygens (including phenoxy) is 1. The van der Waals surface area contributed by atoms with E-state index in [1.54, 1.807) is 0 Å². The van der Waals surface area contributed by atoms with Crippen molar-refractivity contribution in [3.05, 3.63) is 35.6 Å². The molecular formula is C20H31FIN3O. The normalized spacial score (nSPS) is 21.5. The molecule has 1 aromatic carbocycles. The molecule has 1 saturated heterocycles. The van der Waals surface area contributed by atoms with Crippen molar-refractivity contribution in [2.75, 3.05) is 19.8 Å². The second kappa shape index (κ2) is 10.4. The van der Waals surface area contributed by atoms with Crippen LogP contribution >= 0.6 is 24.0 Å². The number of nitrogens with two attached hydrogens (primary N) is 1. The van der Waals surface area contributed by atoms with E-state index >= 15 is 0 Å². The van der Waals surface area contributed by atoms with Gasteiger partial charge in [-0.2, -0.15) is 0 Å². The lowest BCUT2D eigenvalue weighted by molar-refractivity contribution is 0.0531. The Balaban J connectivity index is 0.00000243. The number of aliphatic imine (C=N–C) groups is 1. The van der Waals surface area contributed by atoms with Gasteiger partial charge in [0.2, 0.25) is 0 Å². The summed E-state index contributed by atoms with van der Waals surface area (Å²) in [6.45, 7) is 2.04. The highest BCUT2D eigenvalue weighted by Crippen LogP contribution is 2.35. The summed E-state index contributed by atoms with van der Waals surface area (Å²) in [4.78, 5) is 4.68. The second-order valence-corrected chi connectivity index (χ2v) is 7.43. The maximum absolute atomic E-state index is 13.3. The van der Waals surface area contributed by atoms with Gasteiger partial charge in [0.05, 0.1) is 6.54 Å². The predicted octanol–water partition coefficient (Wildman–Crippen LogP) is 4.12. The van der Waals surface area contributed by atoms with E-state index in [0.717, 1.165) is 18.4 Å². The molecule has 0 aromatic heterocycles. The second-order valence-electron chi connectivity index (χ2n) is 7.43. The highest BCUT2D eigenvalue weighted by molar-refractivity contribution is 14.0. The Hall–Kier alpha value is -0.890. The van der Waals surface area contributed by atoms with Gasteiger partial charge in [0, 0.05) is 24.7 Å². The Labute approximate surface area is 173 Å². The zero-order valence-corrected chi connectivity index (χ0v) is 17.7. The molecule has 26 heavy (non-hydrogen) atoms. The van der Waals surface area contributed by atoms with Crippen molar-refractivity contribution in [3.8, 4) is 0 Å². The number of halogens is 2. The van der Waals surface area contributed by atoms with Gasteiger partial charge in [0.15, 0.2) is 5.96 Å². The van der Waals surface area contributed by atoms with Crippen LogP contribution in [0.5, 0.6) is 0 Å². The van der Waals surface area contributed by atoms with Gasteiger partial charge in [0.25, 0.3) is 0 Å². The van der Waals surface area contributed by atoms with Gasteiger partial charge in [0.1, 0.15) is 5.82 Å². The topological polar surface area (TPSA) is 59.6 Å². The van der Waals surface area contributed by atoms with Gasteiger partial charge in [-0.1, -0.05) is 37.8 Å². The van der Waals surface area contributed by atoms with Crippen molar-refractivity contribution in [1.82, 2.24) is 5.32 Å². The van der Waals surface area contributed by atoms with Gasteiger partial charge >= 0.3 is 0 Å². The van der Waals surface area contributed by atoms with E-state index in [1.165, 1.54) is 50.7 Å². The van der Waals surface area contributed by atoms with Crippen LogP contribution in [0.1, 0.15) is 56.9 Å². The fraction of sp³-hybridized carbons (Fsp3) is 0.650. The average Bonchev–Trinajstić information content (AvgIpc) is 2.90. The number of rotatable bonds is 4. The molecule has 1 aromatic rings. The molecule has 0 bridgehead atoms. The maximum Gasteiger partial charge on any atom is 0.188 e. The maximum atomic E-state index is 13.3. The molecule has 2 aliphatic rings. The van der Waals surface area contributed by atoms with E-state index in [2.05, 4.69) is 10.3 Å².